The smallest absolute Gasteiger partial charge is 0.134 e. The highest BCUT2D eigenvalue weighted by Crippen LogP contribution is 2.32. The maximum absolute atomic E-state index is 4.59. The monoisotopic (exact) mass is 280 g/mol. The quantitative estimate of drug-likeness (QED) is 0.922. The Morgan fingerprint density at radius 1 is 1.37 bits per heavy atom. The van der Waals surface area contributed by atoms with Gasteiger partial charge in [0.05, 0.1) is 0 Å². The van der Waals surface area contributed by atoms with Crippen LogP contribution in [0.2, 0.25) is 0 Å². The maximum atomic E-state index is 4.59. The summed E-state index contributed by atoms with van der Waals surface area (Å²) >= 11 is 2.06. The molecule has 1 aliphatic rings. The van der Waals surface area contributed by atoms with Gasteiger partial charge >= 0.3 is 0 Å². The van der Waals surface area contributed by atoms with Crippen LogP contribution in [0.15, 0.2) is 6.07 Å². The Bertz CT molecular complexity index is 433. The van der Waals surface area contributed by atoms with Gasteiger partial charge in [-0.2, -0.15) is 11.8 Å². The molecule has 1 N–H and O–H groups in total. The van der Waals surface area contributed by atoms with Gasteiger partial charge in [0.15, 0.2) is 0 Å². The van der Waals surface area contributed by atoms with Gasteiger partial charge in [-0.15, -0.1) is 0 Å². The van der Waals surface area contributed by atoms with Crippen molar-refractivity contribution in [2.45, 2.75) is 38.9 Å². The fourth-order valence-electron chi connectivity index (χ4n) is 2.24. The van der Waals surface area contributed by atoms with Gasteiger partial charge in [0.25, 0.3) is 0 Å². The van der Waals surface area contributed by atoms with E-state index in [1.54, 1.807) is 0 Å². The van der Waals surface area contributed by atoms with Crippen molar-refractivity contribution >= 4 is 23.4 Å². The molecule has 0 saturated carbocycles. The molecule has 0 bridgehead atoms. The first-order valence-corrected chi connectivity index (χ1v) is 7.97. The number of aromatic nitrogens is 2. The molecule has 5 heteroatoms. The normalized spacial score (nSPS) is 19.1. The van der Waals surface area contributed by atoms with E-state index in [2.05, 4.69) is 58.8 Å². The molecular weight excluding hydrogens is 256 g/mol. The van der Waals surface area contributed by atoms with Crippen LogP contribution in [0, 0.1) is 6.92 Å². The van der Waals surface area contributed by atoms with E-state index in [1.165, 1.54) is 6.42 Å². The van der Waals surface area contributed by atoms with E-state index in [0.717, 1.165) is 42.8 Å². The predicted octanol–water partition coefficient (Wildman–Crippen LogP) is 2.94. The van der Waals surface area contributed by atoms with E-state index in [1.807, 2.05) is 6.92 Å². The number of anilines is 2. The second-order valence-corrected chi connectivity index (χ2v) is 7.34. The van der Waals surface area contributed by atoms with Crippen molar-refractivity contribution < 1.29 is 0 Å². The standard InChI is InChI=1S/C14H24N4S/c1-5-15-12-10-13(17-11(2)16-12)18-7-6-14(3,4)19-9-8-18/h10H,5-9H2,1-4H3,(H,15,16,17). The van der Waals surface area contributed by atoms with Crippen LogP contribution in [0.1, 0.15) is 33.0 Å². The molecule has 0 radical (unpaired) electrons. The van der Waals surface area contributed by atoms with Crippen LogP contribution in [0.5, 0.6) is 0 Å². The second kappa shape index (κ2) is 5.99. The number of rotatable bonds is 3. The van der Waals surface area contributed by atoms with Gasteiger partial charge < -0.3 is 10.2 Å². The largest absolute Gasteiger partial charge is 0.370 e. The number of hydrogen-bond acceptors (Lipinski definition) is 5. The average molecular weight is 280 g/mol. The lowest BCUT2D eigenvalue weighted by molar-refractivity contribution is 0.634. The van der Waals surface area contributed by atoms with E-state index in [4.69, 9.17) is 0 Å². The van der Waals surface area contributed by atoms with E-state index in [0.29, 0.717) is 4.75 Å². The Balaban J connectivity index is 2.16. The second-order valence-electron chi connectivity index (χ2n) is 5.53. The zero-order valence-corrected chi connectivity index (χ0v) is 13.2. The minimum absolute atomic E-state index is 0.376. The van der Waals surface area contributed by atoms with Crippen LogP contribution in [-0.4, -0.2) is 40.1 Å². The molecule has 0 atom stereocenters. The third-order valence-corrected chi connectivity index (χ3v) is 4.72. The summed E-state index contributed by atoms with van der Waals surface area (Å²) < 4.78 is 0.376. The topological polar surface area (TPSA) is 41.0 Å². The zero-order chi connectivity index (χ0) is 13.9. The molecule has 0 spiro atoms. The Morgan fingerprint density at radius 3 is 2.89 bits per heavy atom. The number of aryl methyl sites for hydroxylation is 1. The highest BCUT2D eigenvalue weighted by Gasteiger charge is 2.24. The highest BCUT2D eigenvalue weighted by molar-refractivity contribution is 8.00. The minimum atomic E-state index is 0.376. The predicted molar refractivity (Wildman–Crippen MR) is 84.3 cm³/mol. The molecule has 0 unspecified atom stereocenters. The Hall–Kier alpha value is -0.970. The summed E-state index contributed by atoms with van der Waals surface area (Å²) in [6, 6.07) is 2.07. The van der Waals surface area contributed by atoms with E-state index in [9.17, 15) is 0 Å². The zero-order valence-electron chi connectivity index (χ0n) is 12.4. The first kappa shape index (κ1) is 14.4. The molecule has 2 rings (SSSR count). The Kier molecular flexibility index (Phi) is 4.55. The number of hydrogen-bond donors (Lipinski definition) is 1. The van der Waals surface area contributed by atoms with Gasteiger partial charge in [-0.3, -0.25) is 0 Å². The molecule has 4 nitrogen and oxygen atoms in total. The summed E-state index contributed by atoms with van der Waals surface area (Å²) in [6.45, 7) is 11.7. The molecule has 0 amide bonds. The van der Waals surface area contributed by atoms with Crippen molar-refractivity contribution in [3.8, 4) is 0 Å². The molecule has 1 saturated heterocycles. The summed E-state index contributed by atoms with van der Waals surface area (Å²) in [5, 5.41) is 3.28. The van der Waals surface area contributed by atoms with Crippen molar-refractivity contribution in [1.82, 2.24) is 9.97 Å². The SMILES string of the molecule is CCNc1cc(N2CCSC(C)(C)CC2)nc(C)n1. The molecular formula is C14H24N4S. The summed E-state index contributed by atoms with van der Waals surface area (Å²) in [6.07, 6.45) is 1.19. The first-order valence-electron chi connectivity index (χ1n) is 6.98. The summed E-state index contributed by atoms with van der Waals surface area (Å²) in [5.41, 5.74) is 0. The fraction of sp³-hybridized carbons (Fsp3) is 0.714. The number of nitrogens with zero attached hydrogens (tertiary/aromatic N) is 3. The molecule has 1 fully saturated rings. The van der Waals surface area contributed by atoms with Crippen molar-refractivity contribution in [3.63, 3.8) is 0 Å². The van der Waals surface area contributed by atoms with Gasteiger partial charge in [0.2, 0.25) is 0 Å². The molecule has 2 heterocycles. The van der Waals surface area contributed by atoms with Crippen LogP contribution in [0.3, 0.4) is 0 Å². The summed E-state index contributed by atoms with van der Waals surface area (Å²) in [4.78, 5) is 11.4. The van der Waals surface area contributed by atoms with Crippen molar-refractivity contribution in [2.24, 2.45) is 0 Å². The molecule has 0 aliphatic carbocycles. The van der Waals surface area contributed by atoms with Crippen molar-refractivity contribution in [2.75, 3.05) is 35.6 Å². The van der Waals surface area contributed by atoms with Gasteiger partial charge in [-0.05, 0) is 20.3 Å². The lowest BCUT2D eigenvalue weighted by atomic mass is 10.1. The summed E-state index contributed by atoms with van der Waals surface area (Å²) in [7, 11) is 0. The lowest BCUT2D eigenvalue weighted by Gasteiger charge is -2.24. The third-order valence-electron chi connectivity index (χ3n) is 3.34. The van der Waals surface area contributed by atoms with E-state index >= 15 is 0 Å². The minimum Gasteiger partial charge on any atom is -0.370 e. The average Bonchev–Trinajstić information content (AvgIpc) is 2.50. The number of thioether (sulfide) groups is 1. The molecule has 19 heavy (non-hydrogen) atoms. The van der Waals surface area contributed by atoms with Gasteiger partial charge in [-0.25, -0.2) is 9.97 Å². The van der Waals surface area contributed by atoms with Gasteiger partial charge in [0, 0.05) is 36.2 Å². The Labute approximate surface area is 120 Å². The van der Waals surface area contributed by atoms with E-state index in [-0.39, 0.29) is 0 Å². The fourth-order valence-corrected chi connectivity index (χ4v) is 3.33. The maximum Gasteiger partial charge on any atom is 0.134 e. The van der Waals surface area contributed by atoms with E-state index < -0.39 is 0 Å². The molecule has 106 valence electrons. The van der Waals surface area contributed by atoms with Gasteiger partial charge in [-0.1, -0.05) is 13.8 Å². The van der Waals surface area contributed by atoms with Crippen LogP contribution < -0.4 is 10.2 Å². The van der Waals surface area contributed by atoms with Crippen LogP contribution in [0.25, 0.3) is 0 Å². The van der Waals surface area contributed by atoms with Crippen molar-refractivity contribution in [3.05, 3.63) is 11.9 Å². The summed E-state index contributed by atoms with van der Waals surface area (Å²) in [5.74, 6) is 3.99. The van der Waals surface area contributed by atoms with Gasteiger partial charge in [0.1, 0.15) is 17.5 Å². The van der Waals surface area contributed by atoms with Crippen LogP contribution in [0.4, 0.5) is 11.6 Å². The third kappa shape index (κ3) is 4.00. The first-order chi connectivity index (χ1) is 9.00. The molecule has 0 aromatic carbocycles. The van der Waals surface area contributed by atoms with Crippen LogP contribution >= 0.6 is 11.8 Å². The lowest BCUT2D eigenvalue weighted by Crippen LogP contribution is -2.28. The molecule has 1 aromatic heterocycles. The molecule has 1 aliphatic heterocycles. The Morgan fingerprint density at radius 2 is 2.16 bits per heavy atom. The highest BCUT2D eigenvalue weighted by atomic mass is 32.2. The van der Waals surface area contributed by atoms with Crippen LogP contribution in [-0.2, 0) is 0 Å². The number of nitrogens with one attached hydrogen (secondary N) is 1. The molecule has 1 aromatic rings. The van der Waals surface area contributed by atoms with Crippen molar-refractivity contribution in [1.29, 1.82) is 0 Å².